The number of hydrogen-bond donors (Lipinski definition) is 1. The number of aryl methyl sites for hydroxylation is 1. The number of nitrogens with one attached hydrogen (secondary N) is 1. The minimum atomic E-state index is -0.113. The third-order valence-corrected chi connectivity index (χ3v) is 13.2. The number of nitrogens with zero attached hydrogens (tertiary/aromatic N) is 7. The number of benzene rings is 2. The fourth-order valence-corrected chi connectivity index (χ4v) is 9.85. The molecule has 0 atom stereocenters. The molecule has 2 fully saturated rings. The van der Waals surface area contributed by atoms with E-state index < -0.39 is 0 Å². The molecule has 1 amide bonds. The van der Waals surface area contributed by atoms with Gasteiger partial charge in [-0.1, -0.05) is 61.8 Å². The van der Waals surface area contributed by atoms with Gasteiger partial charge in [-0.3, -0.25) is 14.8 Å². The van der Waals surface area contributed by atoms with Gasteiger partial charge in [-0.05, 0) is 106 Å². The van der Waals surface area contributed by atoms with Gasteiger partial charge in [-0.15, -0.1) is 0 Å². The van der Waals surface area contributed by atoms with Crippen LogP contribution in [0.1, 0.15) is 84.7 Å². The number of carbonyl (C=O) groups is 1. The summed E-state index contributed by atoms with van der Waals surface area (Å²) in [5, 5.41) is 8.74. The van der Waals surface area contributed by atoms with E-state index in [1.54, 1.807) is 0 Å². The number of carbonyl (C=O) groups excluding carboxylic acids is 1. The van der Waals surface area contributed by atoms with E-state index in [2.05, 4.69) is 75.0 Å². The second kappa shape index (κ2) is 15.7. The molecule has 2 aliphatic heterocycles. The monoisotopic (exact) mass is 730 g/mol. The Morgan fingerprint density at radius 1 is 0.925 bits per heavy atom. The van der Waals surface area contributed by atoms with Gasteiger partial charge < -0.3 is 14.7 Å². The minimum Gasteiger partial charge on any atom is -0.352 e. The Morgan fingerprint density at radius 2 is 1.75 bits per heavy atom. The molecule has 1 saturated heterocycles. The molecule has 0 bridgehead atoms. The van der Waals surface area contributed by atoms with Gasteiger partial charge in [-0.2, -0.15) is 5.10 Å². The number of piperazine rings is 1. The van der Waals surface area contributed by atoms with E-state index >= 15 is 0 Å². The van der Waals surface area contributed by atoms with Crippen LogP contribution in [-0.4, -0.2) is 81.8 Å². The lowest BCUT2D eigenvalue weighted by molar-refractivity contribution is 0.102. The maximum absolute atomic E-state index is 13.6. The number of amides is 1. The van der Waals surface area contributed by atoms with Gasteiger partial charge >= 0.3 is 0 Å². The van der Waals surface area contributed by atoms with Crippen LogP contribution in [0.3, 0.4) is 0 Å². The number of fused-ring (bicyclic) bond motifs is 2. The molecule has 1 saturated carbocycles. The molecule has 8 rings (SSSR count). The maximum Gasteiger partial charge on any atom is 0.257 e. The quantitative estimate of drug-likeness (QED) is 0.147. The number of hydrogen-bond acceptors (Lipinski definition) is 8. The van der Waals surface area contributed by atoms with Crippen molar-refractivity contribution in [3.63, 3.8) is 0 Å². The molecule has 3 aliphatic rings. The maximum atomic E-state index is 13.6. The Kier molecular flexibility index (Phi) is 10.6. The average Bonchev–Trinajstić information content (AvgIpc) is 3.76. The fourth-order valence-electron chi connectivity index (χ4n) is 8.99. The lowest BCUT2D eigenvalue weighted by atomic mass is 9.71. The number of rotatable bonds is 11. The molecule has 2 aromatic carbocycles. The van der Waals surface area contributed by atoms with E-state index in [9.17, 15) is 4.79 Å². The second-order valence-corrected chi connectivity index (χ2v) is 16.7. The molecule has 3 aromatic heterocycles. The molecule has 5 heterocycles. The van der Waals surface area contributed by atoms with Crippen molar-refractivity contribution in [3.05, 3.63) is 88.9 Å². The third kappa shape index (κ3) is 7.77. The molecule has 10 heteroatoms. The van der Waals surface area contributed by atoms with E-state index in [-0.39, 0.29) is 5.91 Å². The molecule has 1 aliphatic carbocycles. The van der Waals surface area contributed by atoms with E-state index in [1.165, 1.54) is 111 Å². The van der Waals surface area contributed by atoms with Crippen molar-refractivity contribution in [1.29, 1.82) is 0 Å². The Labute approximate surface area is 318 Å². The van der Waals surface area contributed by atoms with E-state index in [0.717, 1.165) is 53.2 Å². The zero-order valence-electron chi connectivity index (χ0n) is 31.7. The highest BCUT2D eigenvalue weighted by molar-refractivity contribution is 7.22. The number of anilines is 2. The molecular weight excluding hydrogens is 677 g/mol. The van der Waals surface area contributed by atoms with Crippen molar-refractivity contribution in [2.75, 3.05) is 56.5 Å². The van der Waals surface area contributed by atoms with Gasteiger partial charge in [0.05, 0.1) is 22.1 Å². The normalized spacial score (nSPS) is 18.0. The largest absolute Gasteiger partial charge is 0.352 e. The summed E-state index contributed by atoms with van der Waals surface area (Å²) >= 11 is 1.50. The summed E-state index contributed by atoms with van der Waals surface area (Å²) in [5.74, 6) is 0.849. The minimum absolute atomic E-state index is 0.113. The lowest BCUT2D eigenvalue weighted by Gasteiger charge is -2.39. The van der Waals surface area contributed by atoms with Crippen LogP contribution < -0.4 is 10.2 Å². The van der Waals surface area contributed by atoms with Crippen molar-refractivity contribution in [1.82, 2.24) is 29.5 Å². The molecule has 0 unspecified atom stereocenters. The summed E-state index contributed by atoms with van der Waals surface area (Å²) in [5.41, 5.74) is 8.95. The predicted molar refractivity (Wildman–Crippen MR) is 217 cm³/mol. The summed E-state index contributed by atoms with van der Waals surface area (Å²) in [6, 6.07) is 18.5. The number of aromatic nitrogens is 4. The standard InChI is InChI=1S/C43H54N8OS/c1-4-37-33(35-28-44-51(31(35)2)30-43(19-8-5-9-20-43)21-11-22-49-26-24-48(3)25-27-49)16-17-40(45-37)50-23-18-32-12-10-13-34(36(32)29-50)41(52)47-42-46-38-14-6-7-15-39(38)53-42/h6-7,10,12-17,28H,4-5,8-9,11,18-27,29-30H2,1-3H3,(H,46,47,52). The molecular formula is C43H54N8OS. The third-order valence-electron chi connectivity index (χ3n) is 12.2. The molecule has 0 spiro atoms. The second-order valence-electron chi connectivity index (χ2n) is 15.7. The highest BCUT2D eigenvalue weighted by atomic mass is 32.1. The van der Waals surface area contributed by atoms with Gasteiger partial charge in [-0.25, -0.2) is 9.97 Å². The van der Waals surface area contributed by atoms with Gasteiger partial charge in [0.25, 0.3) is 5.91 Å². The van der Waals surface area contributed by atoms with E-state index in [0.29, 0.717) is 22.7 Å². The first kappa shape index (κ1) is 35.9. The lowest BCUT2D eigenvalue weighted by Crippen LogP contribution is -2.45. The van der Waals surface area contributed by atoms with Crippen molar-refractivity contribution in [2.45, 2.75) is 84.7 Å². The fraction of sp³-hybridized carbons (Fsp3) is 0.488. The van der Waals surface area contributed by atoms with Crippen molar-refractivity contribution in [3.8, 4) is 11.1 Å². The number of thiazole rings is 1. The van der Waals surface area contributed by atoms with Crippen LogP contribution in [0.4, 0.5) is 10.9 Å². The number of para-hydroxylation sites is 1. The molecule has 9 nitrogen and oxygen atoms in total. The molecule has 1 N–H and O–H groups in total. The van der Waals surface area contributed by atoms with Crippen LogP contribution in [0.25, 0.3) is 21.3 Å². The smallest absolute Gasteiger partial charge is 0.257 e. The Morgan fingerprint density at radius 3 is 2.57 bits per heavy atom. The van der Waals surface area contributed by atoms with Crippen LogP contribution in [0.5, 0.6) is 0 Å². The molecule has 5 aromatic rings. The summed E-state index contributed by atoms with van der Waals surface area (Å²) in [6.07, 6.45) is 13.0. The highest BCUT2D eigenvalue weighted by Gasteiger charge is 2.33. The highest BCUT2D eigenvalue weighted by Crippen LogP contribution is 2.43. The Balaban J connectivity index is 0.971. The topological polar surface area (TPSA) is 82.4 Å². The SMILES string of the molecule is CCc1nc(N2CCc3cccc(C(=O)Nc4nc5ccccc5s4)c3C2)ccc1-c1cnn(CC2(CCCN3CCN(C)CC3)CCCCC2)c1C. The first-order valence-corrected chi connectivity index (χ1v) is 20.7. The van der Waals surface area contributed by atoms with Gasteiger partial charge in [0.15, 0.2) is 5.13 Å². The van der Waals surface area contributed by atoms with Crippen LogP contribution in [0.2, 0.25) is 0 Å². The van der Waals surface area contributed by atoms with Crippen molar-refractivity contribution < 1.29 is 4.79 Å². The van der Waals surface area contributed by atoms with E-state index in [1.807, 2.05) is 36.4 Å². The summed E-state index contributed by atoms with van der Waals surface area (Å²) in [4.78, 5) is 31.0. The number of pyridine rings is 1. The first-order valence-electron chi connectivity index (χ1n) is 19.8. The van der Waals surface area contributed by atoms with Crippen LogP contribution in [0.15, 0.2) is 60.8 Å². The van der Waals surface area contributed by atoms with E-state index in [4.69, 9.17) is 10.1 Å². The summed E-state index contributed by atoms with van der Waals surface area (Å²) in [6.45, 7) is 13.0. The van der Waals surface area contributed by atoms with Crippen molar-refractivity contribution >= 4 is 38.4 Å². The Bertz CT molecular complexity index is 2020. The predicted octanol–water partition coefficient (Wildman–Crippen LogP) is 8.22. The van der Waals surface area contributed by atoms with Gasteiger partial charge in [0, 0.05) is 68.2 Å². The summed E-state index contributed by atoms with van der Waals surface area (Å²) in [7, 11) is 2.24. The Hall–Kier alpha value is -4.12. The average molecular weight is 731 g/mol. The summed E-state index contributed by atoms with van der Waals surface area (Å²) < 4.78 is 3.37. The zero-order valence-corrected chi connectivity index (χ0v) is 32.6. The molecule has 53 heavy (non-hydrogen) atoms. The number of likely N-dealkylation sites (N-methyl/N-ethyl adjacent to an activating group) is 1. The van der Waals surface area contributed by atoms with Crippen molar-refractivity contribution in [2.24, 2.45) is 5.41 Å². The van der Waals surface area contributed by atoms with Gasteiger partial charge in [0.2, 0.25) is 0 Å². The van der Waals surface area contributed by atoms with Gasteiger partial charge in [0.1, 0.15) is 5.82 Å². The molecule has 278 valence electrons. The van der Waals surface area contributed by atoms with Crippen LogP contribution >= 0.6 is 11.3 Å². The van der Waals surface area contributed by atoms with Crippen LogP contribution in [0, 0.1) is 12.3 Å². The van der Waals surface area contributed by atoms with Crippen LogP contribution in [-0.2, 0) is 25.9 Å². The first-order chi connectivity index (χ1) is 25.9. The zero-order chi connectivity index (χ0) is 36.4. The molecule has 0 radical (unpaired) electrons.